The van der Waals surface area contributed by atoms with Gasteiger partial charge in [0.25, 0.3) is 0 Å². The van der Waals surface area contributed by atoms with E-state index in [0.717, 1.165) is 0 Å². The van der Waals surface area contributed by atoms with E-state index in [2.05, 4.69) is 59.7 Å². The second-order valence-corrected chi connectivity index (χ2v) is 7.50. The van der Waals surface area contributed by atoms with Gasteiger partial charge in [-0.15, -0.1) is 5.56 Å². The van der Waals surface area contributed by atoms with Gasteiger partial charge in [-0.2, -0.15) is 29.8 Å². The number of hydrogen-bond donors (Lipinski definition) is 3. The zero-order chi connectivity index (χ0) is 15.5. The first-order valence-corrected chi connectivity index (χ1v) is 7.59. The van der Waals surface area contributed by atoms with Crippen molar-refractivity contribution in [2.75, 3.05) is 0 Å². The summed E-state index contributed by atoms with van der Waals surface area (Å²) >= 11 is 0. The summed E-state index contributed by atoms with van der Waals surface area (Å²) in [4.78, 5) is 21.6. The van der Waals surface area contributed by atoms with Crippen LogP contribution in [0.1, 0.15) is 52.7 Å². The first-order valence-electron chi connectivity index (χ1n) is 6.03. The van der Waals surface area contributed by atoms with E-state index in [9.17, 15) is 0 Å². The molecule has 0 saturated carbocycles. The van der Waals surface area contributed by atoms with Gasteiger partial charge in [-0.05, 0) is 5.41 Å². The topological polar surface area (TPSA) is 77.8 Å². The molecule has 20 heavy (non-hydrogen) atoms. The van der Waals surface area contributed by atoms with Crippen LogP contribution in [0.4, 0.5) is 0 Å². The van der Waals surface area contributed by atoms with Gasteiger partial charge in [0, 0.05) is 0 Å². The van der Waals surface area contributed by atoms with Crippen LogP contribution in [-0.4, -0.2) is 14.7 Å². The van der Waals surface area contributed by atoms with Crippen LogP contribution in [0, 0.1) is 6.07 Å². The van der Waals surface area contributed by atoms with E-state index < -0.39 is 7.82 Å². The van der Waals surface area contributed by atoms with Crippen LogP contribution in [0.15, 0.2) is 18.2 Å². The molecule has 0 aliphatic heterocycles. The monoisotopic (exact) mass is 310 g/mol. The van der Waals surface area contributed by atoms with Crippen LogP contribution in [0.5, 0.6) is 0 Å². The Kier molecular flexibility index (Phi) is 9.15. The van der Waals surface area contributed by atoms with Crippen molar-refractivity contribution in [3.8, 4) is 0 Å². The van der Waals surface area contributed by atoms with Crippen molar-refractivity contribution >= 4 is 7.82 Å². The smallest absolute Gasteiger partial charge is 0.303 e. The molecular formula is C14H24NaO4P. The molecule has 0 aromatic heterocycles. The average Bonchev–Trinajstić information content (AvgIpc) is 2.12. The molecule has 4 nitrogen and oxygen atoms in total. The molecule has 110 valence electrons. The Hall–Kier alpha value is 0.330. The quantitative estimate of drug-likeness (QED) is 0.362. The van der Waals surface area contributed by atoms with Crippen LogP contribution in [-0.2, 0) is 15.4 Å². The van der Waals surface area contributed by atoms with Gasteiger partial charge in [0.1, 0.15) is 0 Å². The molecule has 1 rings (SSSR count). The third kappa shape index (κ3) is 10.1. The fourth-order valence-electron chi connectivity index (χ4n) is 1.68. The normalized spacial score (nSPS) is 12.1. The van der Waals surface area contributed by atoms with E-state index in [4.69, 9.17) is 19.2 Å². The molecule has 1 aromatic carbocycles. The molecule has 0 fully saturated rings. The Morgan fingerprint density at radius 2 is 1.40 bits per heavy atom. The molecule has 0 bridgehead atoms. The molecule has 0 saturated heterocycles. The van der Waals surface area contributed by atoms with Crippen LogP contribution in [0.25, 0.3) is 0 Å². The molecule has 0 radical (unpaired) electrons. The van der Waals surface area contributed by atoms with Crippen molar-refractivity contribution in [2.45, 2.75) is 52.4 Å². The fourth-order valence-corrected chi connectivity index (χ4v) is 1.68. The van der Waals surface area contributed by atoms with Crippen molar-refractivity contribution in [3.63, 3.8) is 0 Å². The predicted octanol–water partition coefficient (Wildman–Crippen LogP) is 0.157. The Morgan fingerprint density at radius 3 is 1.65 bits per heavy atom. The van der Waals surface area contributed by atoms with E-state index >= 15 is 0 Å². The first-order chi connectivity index (χ1) is 8.23. The average molecular weight is 310 g/mol. The third-order valence-corrected chi connectivity index (χ3v) is 2.41. The van der Waals surface area contributed by atoms with Gasteiger partial charge in [0.15, 0.2) is 0 Å². The summed E-state index contributed by atoms with van der Waals surface area (Å²) in [5.74, 6) is 0. The summed E-state index contributed by atoms with van der Waals surface area (Å²) in [6.07, 6.45) is 0. The summed E-state index contributed by atoms with van der Waals surface area (Å²) in [5, 5.41) is 0. The Balaban J connectivity index is 0. The van der Waals surface area contributed by atoms with Crippen LogP contribution < -0.4 is 29.6 Å². The van der Waals surface area contributed by atoms with Crippen LogP contribution in [0.2, 0.25) is 0 Å². The molecule has 0 aliphatic carbocycles. The standard InChI is InChI=1S/C14H21.Na.H3O4P/c1-13(2,3)11-9-7-8-10-12(11)14(4,5)6;;1-5(2,3)4/h7-9H,1-6H3;;(H3,1,2,3,4)/q-1;+1;. The molecule has 1 aromatic rings. The summed E-state index contributed by atoms with van der Waals surface area (Å²) in [5.41, 5.74) is 3.14. The molecule has 0 spiro atoms. The molecule has 0 aliphatic rings. The minimum Gasteiger partial charge on any atom is -0.303 e. The van der Waals surface area contributed by atoms with Crippen molar-refractivity contribution in [3.05, 3.63) is 35.4 Å². The van der Waals surface area contributed by atoms with E-state index in [-0.39, 0.29) is 40.4 Å². The molecular weight excluding hydrogens is 286 g/mol. The van der Waals surface area contributed by atoms with Crippen LogP contribution in [0.3, 0.4) is 0 Å². The number of hydrogen-bond acceptors (Lipinski definition) is 1. The summed E-state index contributed by atoms with van der Waals surface area (Å²) in [6.45, 7) is 13.5. The molecule has 0 atom stereocenters. The maximum absolute atomic E-state index is 8.88. The second kappa shape index (κ2) is 8.09. The number of benzene rings is 1. The Bertz CT molecular complexity index is 414. The zero-order valence-electron chi connectivity index (χ0n) is 13.4. The van der Waals surface area contributed by atoms with Crippen molar-refractivity contribution in [2.24, 2.45) is 0 Å². The second-order valence-electron chi connectivity index (χ2n) is 6.47. The van der Waals surface area contributed by atoms with Crippen LogP contribution >= 0.6 is 7.82 Å². The predicted molar refractivity (Wildman–Crippen MR) is 76.9 cm³/mol. The van der Waals surface area contributed by atoms with Crippen molar-refractivity contribution in [1.82, 2.24) is 0 Å². The maximum atomic E-state index is 8.88. The van der Waals surface area contributed by atoms with Gasteiger partial charge in [0.2, 0.25) is 0 Å². The van der Waals surface area contributed by atoms with Gasteiger partial charge < -0.3 is 14.7 Å². The fraction of sp³-hybridized carbons (Fsp3) is 0.571. The van der Waals surface area contributed by atoms with Crippen molar-refractivity contribution in [1.29, 1.82) is 0 Å². The molecule has 0 amide bonds. The molecule has 6 heteroatoms. The van der Waals surface area contributed by atoms with E-state index in [1.807, 2.05) is 6.07 Å². The largest absolute Gasteiger partial charge is 1.00 e. The minimum atomic E-state index is -4.64. The van der Waals surface area contributed by atoms with Gasteiger partial charge in [-0.25, -0.2) is 4.57 Å². The van der Waals surface area contributed by atoms with Gasteiger partial charge in [0.05, 0.1) is 0 Å². The summed E-state index contributed by atoms with van der Waals surface area (Å²) < 4.78 is 8.88. The Morgan fingerprint density at radius 1 is 1.00 bits per heavy atom. The molecule has 3 N–H and O–H groups in total. The minimum absolute atomic E-state index is 0. The maximum Gasteiger partial charge on any atom is 1.00 e. The van der Waals surface area contributed by atoms with Gasteiger partial charge >= 0.3 is 37.4 Å². The van der Waals surface area contributed by atoms with E-state index in [1.165, 1.54) is 11.1 Å². The summed E-state index contributed by atoms with van der Waals surface area (Å²) in [6, 6.07) is 9.69. The zero-order valence-corrected chi connectivity index (χ0v) is 16.3. The Labute approximate surface area is 144 Å². The first kappa shape index (κ1) is 22.6. The number of phosphoric acid groups is 1. The molecule has 0 unspecified atom stereocenters. The van der Waals surface area contributed by atoms with E-state index in [0.29, 0.717) is 0 Å². The molecule has 0 heterocycles. The van der Waals surface area contributed by atoms with E-state index in [1.54, 1.807) is 0 Å². The van der Waals surface area contributed by atoms with Gasteiger partial charge in [-0.1, -0.05) is 47.0 Å². The third-order valence-electron chi connectivity index (χ3n) is 2.41. The SMILES string of the molecule is CC(C)(C)c1[c-]cccc1C(C)(C)C.O=P(O)(O)O.[Na+]. The van der Waals surface area contributed by atoms with Crippen molar-refractivity contribution < 1.29 is 48.8 Å². The number of rotatable bonds is 0. The van der Waals surface area contributed by atoms with Gasteiger partial charge in [-0.3, -0.25) is 0 Å². The summed E-state index contributed by atoms with van der Waals surface area (Å²) in [7, 11) is -4.64.